The van der Waals surface area contributed by atoms with Crippen molar-refractivity contribution in [3.8, 4) is 11.3 Å². The van der Waals surface area contributed by atoms with Crippen LogP contribution in [0.3, 0.4) is 0 Å². The molecule has 1 fully saturated rings. The van der Waals surface area contributed by atoms with Gasteiger partial charge in [0.25, 0.3) is 0 Å². The molecule has 1 atom stereocenters. The van der Waals surface area contributed by atoms with E-state index in [9.17, 15) is 13.5 Å². The normalized spacial score (nSPS) is 16.0. The van der Waals surface area contributed by atoms with Gasteiger partial charge in [-0.3, -0.25) is 0 Å². The predicted octanol–water partition coefficient (Wildman–Crippen LogP) is 3.46. The van der Waals surface area contributed by atoms with Crippen LogP contribution in [-0.2, 0) is 10.0 Å². The lowest BCUT2D eigenvalue weighted by Gasteiger charge is -2.25. The Balaban J connectivity index is 1.45. The van der Waals surface area contributed by atoms with Gasteiger partial charge < -0.3 is 10.4 Å². The Hall–Kier alpha value is -2.81. The molecule has 2 heterocycles. The molecule has 1 aromatic heterocycles. The number of nitrogens with zero attached hydrogens (tertiary/aromatic N) is 3. The average Bonchev–Trinajstić information content (AvgIpc) is 2.84. The molecule has 4 rings (SSSR count). The second-order valence-corrected chi connectivity index (χ2v) is 9.52. The molecular weight excluding hydrogens is 412 g/mol. The van der Waals surface area contributed by atoms with Crippen molar-refractivity contribution < 1.29 is 13.5 Å². The summed E-state index contributed by atoms with van der Waals surface area (Å²) < 4.78 is 27.2. The first kappa shape index (κ1) is 21.4. The van der Waals surface area contributed by atoms with Crippen molar-refractivity contribution in [2.24, 2.45) is 0 Å². The van der Waals surface area contributed by atoms with E-state index in [2.05, 4.69) is 15.3 Å². The van der Waals surface area contributed by atoms with Gasteiger partial charge in [0.2, 0.25) is 10.0 Å². The monoisotopic (exact) mass is 438 g/mol. The topological polar surface area (TPSA) is 95.4 Å². The van der Waals surface area contributed by atoms with Crippen LogP contribution in [0.25, 0.3) is 11.3 Å². The zero-order valence-electron chi connectivity index (χ0n) is 17.2. The van der Waals surface area contributed by atoms with Gasteiger partial charge in [0.05, 0.1) is 16.7 Å². The van der Waals surface area contributed by atoms with Gasteiger partial charge in [-0.2, -0.15) is 4.31 Å². The van der Waals surface area contributed by atoms with Crippen molar-refractivity contribution in [1.29, 1.82) is 0 Å². The molecule has 0 radical (unpaired) electrons. The lowest BCUT2D eigenvalue weighted by Crippen LogP contribution is -2.35. The molecule has 0 unspecified atom stereocenters. The van der Waals surface area contributed by atoms with E-state index in [1.54, 1.807) is 34.6 Å². The fourth-order valence-electron chi connectivity index (χ4n) is 3.66. The second-order valence-electron chi connectivity index (χ2n) is 7.58. The summed E-state index contributed by atoms with van der Waals surface area (Å²) in [7, 11) is -3.45. The number of aliphatic hydroxyl groups excluding tert-OH is 1. The van der Waals surface area contributed by atoms with E-state index in [0.29, 0.717) is 36.0 Å². The number of aliphatic hydroxyl groups is 1. The number of sulfonamides is 1. The van der Waals surface area contributed by atoms with Crippen molar-refractivity contribution in [2.45, 2.75) is 30.3 Å². The summed E-state index contributed by atoms with van der Waals surface area (Å²) in [5.74, 6) is 0.588. The number of rotatable bonds is 7. The third-order valence-electron chi connectivity index (χ3n) is 5.43. The SMILES string of the molecule is O=S(=O)(c1ccc(-c2cc(NC[C@H](O)c3ccccc3)ncn2)cc1)N1CCCCC1. The Morgan fingerprint density at radius 1 is 0.968 bits per heavy atom. The van der Waals surface area contributed by atoms with Crippen LogP contribution in [0.15, 0.2) is 71.9 Å². The van der Waals surface area contributed by atoms with Crippen LogP contribution in [-0.4, -0.2) is 47.4 Å². The molecule has 1 aliphatic rings. The van der Waals surface area contributed by atoms with E-state index in [4.69, 9.17) is 0 Å². The van der Waals surface area contributed by atoms with E-state index in [1.165, 1.54) is 6.33 Å². The minimum Gasteiger partial charge on any atom is -0.387 e. The van der Waals surface area contributed by atoms with Crippen molar-refractivity contribution in [1.82, 2.24) is 14.3 Å². The van der Waals surface area contributed by atoms with Gasteiger partial charge in [-0.25, -0.2) is 18.4 Å². The van der Waals surface area contributed by atoms with Crippen LogP contribution in [0, 0.1) is 0 Å². The van der Waals surface area contributed by atoms with Gasteiger partial charge in [-0.1, -0.05) is 48.9 Å². The maximum Gasteiger partial charge on any atom is 0.243 e. The molecule has 8 heteroatoms. The summed E-state index contributed by atoms with van der Waals surface area (Å²) in [5, 5.41) is 13.4. The van der Waals surface area contributed by atoms with Gasteiger partial charge in [-0.05, 0) is 30.5 Å². The molecule has 0 bridgehead atoms. The van der Waals surface area contributed by atoms with Crippen LogP contribution < -0.4 is 5.32 Å². The first-order chi connectivity index (χ1) is 15.0. The van der Waals surface area contributed by atoms with Crippen LogP contribution in [0.1, 0.15) is 30.9 Å². The molecule has 1 aliphatic heterocycles. The van der Waals surface area contributed by atoms with E-state index in [1.807, 2.05) is 30.3 Å². The van der Waals surface area contributed by atoms with E-state index in [-0.39, 0.29) is 0 Å². The van der Waals surface area contributed by atoms with Crippen LogP contribution in [0.2, 0.25) is 0 Å². The smallest absolute Gasteiger partial charge is 0.243 e. The summed E-state index contributed by atoms with van der Waals surface area (Å²) >= 11 is 0. The van der Waals surface area contributed by atoms with Crippen LogP contribution >= 0.6 is 0 Å². The Morgan fingerprint density at radius 3 is 2.39 bits per heavy atom. The van der Waals surface area contributed by atoms with Crippen molar-refractivity contribution >= 4 is 15.8 Å². The first-order valence-corrected chi connectivity index (χ1v) is 11.9. The molecule has 2 N–H and O–H groups in total. The Labute approximate surface area is 182 Å². The average molecular weight is 439 g/mol. The number of anilines is 1. The summed E-state index contributed by atoms with van der Waals surface area (Å²) in [5.41, 5.74) is 2.30. The summed E-state index contributed by atoms with van der Waals surface area (Å²) in [6.45, 7) is 1.48. The van der Waals surface area contributed by atoms with E-state index in [0.717, 1.165) is 30.4 Å². The molecule has 1 saturated heterocycles. The Bertz CT molecular complexity index is 1100. The molecule has 0 amide bonds. The van der Waals surface area contributed by atoms with E-state index < -0.39 is 16.1 Å². The standard InChI is InChI=1S/C23H26N4O3S/c28-22(19-7-3-1-4-8-19)16-24-23-15-21(25-17-26-23)18-9-11-20(12-10-18)31(29,30)27-13-5-2-6-14-27/h1,3-4,7-12,15,17,22,28H,2,5-6,13-14,16H2,(H,24,25,26)/t22-/m0/s1. The molecule has 0 spiro atoms. The molecule has 31 heavy (non-hydrogen) atoms. The Kier molecular flexibility index (Phi) is 6.60. The van der Waals surface area contributed by atoms with E-state index >= 15 is 0 Å². The Morgan fingerprint density at radius 2 is 1.68 bits per heavy atom. The third kappa shape index (κ3) is 5.10. The summed E-state index contributed by atoms with van der Waals surface area (Å²) in [4.78, 5) is 8.82. The minimum atomic E-state index is -3.45. The van der Waals surface area contributed by atoms with Crippen molar-refractivity contribution in [2.75, 3.05) is 25.0 Å². The van der Waals surface area contributed by atoms with Gasteiger partial charge >= 0.3 is 0 Å². The largest absolute Gasteiger partial charge is 0.387 e. The maximum absolute atomic E-state index is 12.8. The molecule has 0 saturated carbocycles. The molecule has 7 nitrogen and oxygen atoms in total. The first-order valence-electron chi connectivity index (χ1n) is 10.4. The quantitative estimate of drug-likeness (QED) is 0.587. The summed E-state index contributed by atoms with van der Waals surface area (Å²) in [6, 6.07) is 18.0. The van der Waals surface area contributed by atoms with Gasteiger partial charge in [0.15, 0.2) is 0 Å². The highest BCUT2D eigenvalue weighted by Gasteiger charge is 2.25. The molecular formula is C23H26N4O3S. The van der Waals surface area contributed by atoms with Gasteiger partial charge in [0, 0.05) is 31.3 Å². The second kappa shape index (κ2) is 9.55. The number of hydrogen-bond acceptors (Lipinski definition) is 6. The molecule has 0 aliphatic carbocycles. The minimum absolute atomic E-state index is 0.302. The van der Waals surface area contributed by atoms with Gasteiger partial charge in [0.1, 0.15) is 12.1 Å². The molecule has 2 aromatic carbocycles. The highest BCUT2D eigenvalue weighted by Crippen LogP contribution is 2.25. The number of piperidine rings is 1. The number of aromatic nitrogens is 2. The fourth-order valence-corrected chi connectivity index (χ4v) is 5.18. The maximum atomic E-state index is 12.8. The summed E-state index contributed by atoms with van der Waals surface area (Å²) in [6.07, 6.45) is 3.70. The number of hydrogen-bond donors (Lipinski definition) is 2. The molecule has 162 valence electrons. The molecule has 3 aromatic rings. The number of nitrogens with one attached hydrogen (secondary N) is 1. The predicted molar refractivity (Wildman–Crippen MR) is 120 cm³/mol. The van der Waals surface area contributed by atoms with Crippen LogP contribution in [0.5, 0.6) is 0 Å². The lowest BCUT2D eigenvalue weighted by molar-refractivity contribution is 0.191. The highest BCUT2D eigenvalue weighted by molar-refractivity contribution is 7.89. The number of benzene rings is 2. The zero-order valence-corrected chi connectivity index (χ0v) is 18.0. The van der Waals surface area contributed by atoms with Crippen molar-refractivity contribution in [3.63, 3.8) is 0 Å². The third-order valence-corrected chi connectivity index (χ3v) is 7.34. The van der Waals surface area contributed by atoms with Gasteiger partial charge in [-0.15, -0.1) is 0 Å². The fraction of sp³-hybridized carbons (Fsp3) is 0.304. The van der Waals surface area contributed by atoms with Crippen molar-refractivity contribution in [3.05, 3.63) is 72.6 Å². The highest BCUT2D eigenvalue weighted by atomic mass is 32.2. The lowest BCUT2D eigenvalue weighted by atomic mass is 10.1. The zero-order chi connectivity index (χ0) is 21.7. The van der Waals surface area contributed by atoms with Crippen LogP contribution in [0.4, 0.5) is 5.82 Å².